The van der Waals surface area contributed by atoms with Gasteiger partial charge in [0.1, 0.15) is 11.0 Å². The minimum absolute atomic E-state index is 0.1000. The summed E-state index contributed by atoms with van der Waals surface area (Å²) in [5.74, 6) is -0.0912. The number of amides is 1. The summed E-state index contributed by atoms with van der Waals surface area (Å²) >= 11 is 5.77. The Kier molecular flexibility index (Phi) is 3.94. The third-order valence-electron chi connectivity index (χ3n) is 3.61. The van der Waals surface area contributed by atoms with E-state index in [1.165, 1.54) is 17.2 Å². The number of halogens is 2. The fourth-order valence-electron chi connectivity index (χ4n) is 2.53. The molecule has 0 aliphatic carbocycles. The number of benzene rings is 1. The van der Waals surface area contributed by atoms with Crippen LogP contribution in [-0.4, -0.2) is 29.0 Å². The van der Waals surface area contributed by atoms with E-state index < -0.39 is 0 Å². The van der Waals surface area contributed by atoms with Crippen molar-refractivity contribution >= 4 is 29.1 Å². The molecule has 1 aliphatic rings. The summed E-state index contributed by atoms with van der Waals surface area (Å²) in [6.45, 7) is 2.62. The van der Waals surface area contributed by atoms with E-state index in [0.717, 1.165) is 11.1 Å². The summed E-state index contributed by atoms with van der Waals surface area (Å²) in [5, 5.41) is 3.31. The second-order valence-corrected chi connectivity index (χ2v) is 5.43. The smallest absolute Gasteiger partial charge is 0.231 e. The lowest BCUT2D eigenvalue weighted by Crippen LogP contribution is -2.32. The summed E-state index contributed by atoms with van der Waals surface area (Å²) < 4.78 is 14.0. The number of carbonyl (C=O) groups is 1. The van der Waals surface area contributed by atoms with Crippen LogP contribution in [0.25, 0.3) is 0 Å². The first-order valence-corrected chi connectivity index (χ1v) is 7.25. The van der Waals surface area contributed by atoms with Gasteiger partial charge in [-0.05, 0) is 30.2 Å². The first-order chi connectivity index (χ1) is 10.6. The highest BCUT2D eigenvalue weighted by Gasteiger charge is 2.30. The van der Waals surface area contributed by atoms with Crippen molar-refractivity contribution in [2.45, 2.75) is 13.3 Å². The Bertz CT molecular complexity index is 737. The van der Waals surface area contributed by atoms with Crippen LogP contribution in [0.2, 0.25) is 5.15 Å². The first-order valence-electron chi connectivity index (χ1n) is 6.87. The number of aryl methyl sites for hydroxylation is 1. The molecule has 3 rings (SSSR count). The van der Waals surface area contributed by atoms with E-state index in [1.54, 1.807) is 12.1 Å². The molecule has 0 saturated heterocycles. The molecule has 2 heterocycles. The quantitative estimate of drug-likeness (QED) is 0.880. The topological polar surface area (TPSA) is 58.1 Å². The molecule has 22 heavy (non-hydrogen) atoms. The number of nitrogens with one attached hydrogen (secondary N) is 1. The van der Waals surface area contributed by atoms with E-state index in [1.807, 2.05) is 6.92 Å². The van der Waals surface area contributed by atoms with E-state index >= 15 is 0 Å². The normalized spacial score (nSPS) is 13.4. The molecule has 0 fully saturated rings. The predicted molar refractivity (Wildman–Crippen MR) is 82.7 cm³/mol. The van der Waals surface area contributed by atoms with Gasteiger partial charge in [0.2, 0.25) is 11.9 Å². The van der Waals surface area contributed by atoms with Gasteiger partial charge in [0.05, 0.1) is 12.1 Å². The van der Waals surface area contributed by atoms with Gasteiger partial charge in [-0.2, -0.15) is 0 Å². The van der Waals surface area contributed by atoms with Crippen LogP contribution in [0.15, 0.2) is 24.4 Å². The zero-order chi connectivity index (χ0) is 15.7. The number of hydrogen-bond acceptors (Lipinski definition) is 4. The molecule has 1 N–H and O–H groups in total. The monoisotopic (exact) mass is 320 g/mol. The molecule has 1 aliphatic heterocycles. The lowest BCUT2D eigenvalue weighted by atomic mass is 10.1. The lowest BCUT2D eigenvalue weighted by Gasteiger charge is -2.18. The van der Waals surface area contributed by atoms with Crippen LogP contribution >= 0.6 is 11.6 Å². The Morgan fingerprint density at radius 3 is 3.00 bits per heavy atom. The van der Waals surface area contributed by atoms with Gasteiger partial charge in [-0.15, -0.1) is 0 Å². The second kappa shape index (κ2) is 5.88. The molecule has 0 unspecified atom stereocenters. The first kappa shape index (κ1) is 14.7. The zero-order valence-corrected chi connectivity index (χ0v) is 12.7. The van der Waals surface area contributed by atoms with Crippen LogP contribution in [0, 0.1) is 12.7 Å². The van der Waals surface area contributed by atoms with Crippen molar-refractivity contribution in [1.82, 2.24) is 9.97 Å². The van der Waals surface area contributed by atoms with Crippen molar-refractivity contribution in [1.29, 1.82) is 0 Å². The Labute approximate surface area is 132 Å². The highest BCUT2D eigenvalue weighted by atomic mass is 35.5. The number of anilines is 2. The van der Waals surface area contributed by atoms with E-state index in [2.05, 4.69) is 15.3 Å². The zero-order valence-electron chi connectivity index (χ0n) is 11.9. The SMILES string of the molecule is Cc1ccc(F)c2c1CC(=O)N2CCNc1nccc(Cl)n1. The molecule has 0 radical (unpaired) electrons. The van der Waals surface area contributed by atoms with Gasteiger partial charge in [-0.3, -0.25) is 4.79 Å². The summed E-state index contributed by atoms with van der Waals surface area (Å²) in [6, 6.07) is 4.67. The van der Waals surface area contributed by atoms with Gasteiger partial charge in [0.25, 0.3) is 0 Å². The molecule has 0 spiro atoms. The van der Waals surface area contributed by atoms with Gasteiger partial charge in [-0.1, -0.05) is 17.7 Å². The van der Waals surface area contributed by atoms with E-state index in [-0.39, 0.29) is 18.1 Å². The highest BCUT2D eigenvalue weighted by Crippen LogP contribution is 2.33. The molecule has 1 aromatic heterocycles. The minimum atomic E-state index is -0.370. The molecule has 0 saturated carbocycles. The lowest BCUT2D eigenvalue weighted by molar-refractivity contribution is -0.117. The second-order valence-electron chi connectivity index (χ2n) is 5.04. The van der Waals surface area contributed by atoms with Gasteiger partial charge in [0, 0.05) is 19.3 Å². The summed E-state index contributed by atoms with van der Waals surface area (Å²) in [4.78, 5) is 21.6. The molecular formula is C15H14ClFN4O. The van der Waals surface area contributed by atoms with Crippen LogP contribution in [0.3, 0.4) is 0 Å². The summed E-state index contributed by atoms with van der Waals surface area (Å²) in [6.07, 6.45) is 1.78. The molecule has 0 atom stereocenters. The highest BCUT2D eigenvalue weighted by molar-refractivity contribution is 6.29. The maximum Gasteiger partial charge on any atom is 0.231 e. The van der Waals surface area contributed by atoms with Crippen molar-refractivity contribution in [3.05, 3.63) is 46.5 Å². The Hall–Kier alpha value is -2.21. The molecule has 1 aromatic carbocycles. The summed E-state index contributed by atoms with van der Waals surface area (Å²) in [5.41, 5.74) is 2.08. The third-order valence-corrected chi connectivity index (χ3v) is 3.82. The van der Waals surface area contributed by atoms with Crippen molar-refractivity contribution < 1.29 is 9.18 Å². The van der Waals surface area contributed by atoms with Crippen molar-refractivity contribution in [3.63, 3.8) is 0 Å². The standard InChI is InChI=1S/C15H14ClFN4O/c1-9-2-3-11(17)14-10(9)8-13(22)21(14)7-6-19-15-18-5-4-12(16)20-15/h2-5H,6-8H2,1H3,(H,18,19,20). The van der Waals surface area contributed by atoms with E-state index in [9.17, 15) is 9.18 Å². The minimum Gasteiger partial charge on any atom is -0.352 e. The van der Waals surface area contributed by atoms with Gasteiger partial charge < -0.3 is 10.2 Å². The molecule has 114 valence electrons. The fraction of sp³-hybridized carbons (Fsp3) is 0.267. The number of nitrogens with zero attached hydrogens (tertiary/aromatic N) is 3. The maximum atomic E-state index is 14.0. The number of carbonyl (C=O) groups excluding carboxylic acids is 1. The third kappa shape index (κ3) is 2.74. The Morgan fingerprint density at radius 1 is 1.41 bits per heavy atom. The van der Waals surface area contributed by atoms with E-state index in [4.69, 9.17) is 11.6 Å². The average Bonchev–Trinajstić information content (AvgIpc) is 2.82. The Morgan fingerprint density at radius 2 is 2.23 bits per heavy atom. The molecule has 0 bridgehead atoms. The predicted octanol–water partition coefficient (Wildman–Crippen LogP) is 2.58. The molecular weight excluding hydrogens is 307 g/mol. The number of fused-ring (bicyclic) bond motifs is 1. The van der Waals surface area contributed by atoms with Crippen LogP contribution in [-0.2, 0) is 11.2 Å². The van der Waals surface area contributed by atoms with Crippen LogP contribution in [0.4, 0.5) is 16.0 Å². The van der Waals surface area contributed by atoms with Crippen LogP contribution < -0.4 is 10.2 Å². The average molecular weight is 321 g/mol. The van der Waals surface area contributed by atoms with Crippen LogP contribution in [0.1, 0.15) is 11.1 Å². The fourth-order valence-corrected chi connectivity index (χ4v) is 2.67. The van der Waals surface area contributed by atoms with Gasteiger partial charge >= 0.3 is 0 Å². The molecule has 1 amide bonds. The summed E-state index contributed by atoms with van der Waals surface area (Å²) in [7, 11) is 0. The molecule has 5 nitrogen and oxygen atoms in total. The van der Waals surface area contributed by atoms with Gasteiger partial charge in [0.15, 0.2) is 0 Å². The number of aromatic nitrogens is 2. The number of hydrogen-bond donors (Lipinski definition) is 1. The van der Waals surface area contributed by atoms with E-state index in [0.29, 0.717) is 29.9 Å². The Balaban J connectivity index is 1.72. The van der Waals surface area contributed by atoms with Crippen molar-refractivity contribution in [2.75, 3.05) is 23.3 Å². The van der Waals surface area contributed by atoms with Crippen molar-refractivity contribution in [2.24, 2.45) is 0 Å². The van der Waals surface area contributed by atoms with Crippen molar-refractivity contribution in [3.8, 4) is 0 Å². The molecule has 2 aromatic rings. The largest absolute Gasteiger partial charge is 0.352 e. The number of rotatable bonds is 4. The molecule has 7 heteroatoms. The maximum absolute atomic E-state index is 14.0. The van der Waals surface area contributed by atoms with Gasteiger partial charge in [-0.25, -0.2) is 14.4 Å². The van der Waals surface area contributed by atoms with Crippen LogP contribution in [0.5, 0.6) is 0 Å².